The number of aliphatic carboxylic acids is 1. The van der Waals surface area contributed by atoms with Crippen molar-refractivity contribution in [1.82, 2.24) is 4.98 Å². The van der Waals surface area contributed by atoms with Gasteiger partial charge in [-0.1, -0.05) is 31.2 Å². The topological polar surface area (TPSA) is 79.3 Å². The zero-order chi connectivity index (χ0) is 15.4. The lowest BCUT2D eigenvalue weighted by atomic mass is 10.1. The van der Waals surface area contributed by atoms with Crippen LogP contribution in [0, 0.1) is 5.92 Å². The minimum absolute atomic E-state index is 0.405. The quantitative estimate of drug-likeness (QED) is 0.832. The first-order valence-electron chi connectivity index (χ1n) is 6.59. The Bertz CT molecular complexity index is 649. The van der Waals surface area contributed by atoms with E-state index in [0.29, 0.717) is 5.13 Å². The normalized spacial score (nSPS) is 11.9. The van der Waals surface area contributed by atoms with Crippen LogP contribution in [0.5, 0.6) is 0 Å². The molecule has 0 radical (unpaired) electrons. The molecule has 0 saturated heterocycles. The third-order valence-electron chi connectivity index (χ3n) is 3.16. The van der Waals surface area contributed by atoms with Crippen LogP contribution in [0.1, 0.15) is 19.4 Å². The second kappa shape index (κ2) is 6.49. The minimum atomic E-state index is -1.15. The maximum Gasteiger partial charge on any atom is 0.315 e. The van der Waals surface area contributed by atoms with E-state index in [2.05, 4.69) is 17.2 Å². The third kappa shape index (κ3) is 3.66. The van der Waals surface area contributed by atoms with Crippen molar-refractivity contribution in [3.8, 4) is 11.3 Å². The molecule has 1 amide bonds. The lowest BCUT2D eigenvalue weighted by molar-refractivity contribution is -0.144. The maximum atomic E-state index is 11.7. The van der Waals surface area contributed by atoms with E-state index in [4.69, 9.17) is 5.11 Å². The fourth-order valence-corrected chi connectivity index (χ4v) is 2.42. The van der Waals surface area contributed by atoms with Crippen molar-refractivity contribution in [2.75, 3.05) is 5.32 Å². The number of nitrogens with zero attached hydrogens (tertiary/aromatic N) is 1. The number of hydrogen-bond acceptors (Lipinski definition) is 4. The van der Waals surface area contributed by atoms with Crippen LogP contribution in [0.2, 0.25) is 0 Å². The molecule has 1 heterocycles. The van der Waals surface area contributed by atoms with Crippen LogP contribution in [0.15, 0.2) is 29.6 Å². The Balaban J connectivity index is 2.10. The predicted molar refractivity (Wildman–Crippen MR) is 82.4 cm³/mol. The molecule has 0 spiro atoms. The highest BCUT2D eigenvalue weighted by atomic mass is 32.1. The van der Waals surface area contributed by atoms with Crippen LogP contribution < -0.4 is 5.32 Å². The van der Waals surface area contributed by atoms with Crippen molar-refractivity contribution in [2.24, 2.45) is 5.92 Å². The van der Waals surface area contributed by atoms with Gasteiger partial charge in [0.2, 0.25) is 5.91 Å². The molecule has 0 aliphatic rings. The Morgan fingerprint density at radius 1 is 1.33 bits per heavy atom. The number of hydrogen-bond donors (Lipinski definition) is 2. The summed E-state index contributed by atoms with van der Waals surface area (Å²) in [6, 6.07) is 8.05. The number of carbonyl (C=O) groups excluding carboxylic acids is 1. The summed E-state index contributed by atoms with van der Waals surface area (Å²) in [4.78, 5) is 26.7. The van der Waals surface area contributed by atoms with Gasteiger partial charge < -0.3 is 10.4 Å². The van der Waals surface area contributed by atoms with Gasteiger partial charge in [-0.25, -0.2) is 4.98 Å². The third-order valence-corrected chi connectivity index (χ3v) is 3.91. The number of carbonyl (C=O) groups is 2. The lowest BCUT2D eigenvalue weighted by Gasteiger charge is -2.04. The molecule has 1 aromatic carbocycles. The minimum Gasteiger partial charge on any atom is -0.481 e. The molecule has 2 rings (SSSR count). The highest BCUT2D eigenvalue weighted by Crippen LogP contribution is 2.25. The Labute approximate surface area is 126 Å². The van der Waals surface area contributed by atoms with Gasteiger partial charge in [-0.15, -0.1) is 11.3 Å². The summed E-state index contributed by atoms with van der Waals surface area (Å²) in [5.74, 6) is -2.81. The smallest absolute Gasteiger partial charge is 0.315 e. The van der Waals surface area contributed by atoms with E-state index < -0.39 is 17.8 Å². The van der Waals surface area contributed by atoms with Gasteiger partial charge in [-0.2, -0.15) is 0 Å². The largest absolute Gasteiger partial charge is 0.481 e. The molecule has 0 aliphatic heterocycles. The fourth-order valence-electron chi connectivity index (χ4n) is 1.70. The molecule has 110 valence electrons. The number of amides is 1. The van der Waals surface area contributed by atoms with Crippen molar-refractivity contribution in [2.45, 2.75) is 20.3 Å². The average molecular weight is 304 g/mol. The molecule has 0 aliphatic carbocycles. The standard InChI is InChI=1S/C15H16N2O3S/c1-3-10-4-6-11(7-5-10)12-8-21-15(16-12)17-13(18)9(2)14(19)20/h4-9H,3H2,1-2H3,(H,19,20)(H,16,17,18). The average Bonchev–Trinajstić information content (AvgIpc) is 2.94. The highest BCUT2D eigenvalue weighted by Gasteiger charge is 2.21. The summed E-state index contributed by atoms with van der Waals surface area (Å²) in [5.41, 5.74) is 2.98. The monoisotopic (exact) mass is 304 g/mol. The molecule has 6 heteroatoms. The zero-order valence-electron chi connectivity index (χ0n) is 11.8. The number of rotatable bonds is 5. The van der Waals surface area contributed by atoms with E-state index in [0.717, 1.165) is 17.7 Å². The molecular weight excluding hydrogens is 288 g/mol. The van der Waals surface area contributed by atoms with Gasteiger partial charge in [0.25, 0.3) is 0 Å². The maximum absolute atomic E-state index is 11.7. The number of carboxylic acids is 1. The molecule has 1 aromatic heterocycles. The van der Waals surface area contributed by atoms with Crippen LogP contribution in [0.4, 0.5) is 5.13 Å². The SMILES string of the molecule is CCc1ccc(-c2csc(NC(=O)C(C)C(=O)O)n2)cc1. The van der Waals surface area contributed by atoms with Gasteiger partial charge in [-0.05, 0) is 18.9 Å². The van der Waals surface area contributed by atoms with E-state index in [9.17, 15) is 9.59 Å². The van der Waals surface area contributed by atoms with E-state index in [1.165, 1.54) is 23.8 Å². The molecule has 5 nitrogen and oxygen atoms in total. The van der Waals surface area contributed by atoms with Gasteiger partial charge in [0.15, 0.2) is 5.13 Å². The number of aryl methyl sites for hydroxylation is 1. The van der Waals surface area contributed by atoms with Crippen LogP contribution in [-0.4, -0.2) is 22.0 Å². The number of carboxylic acid groups (broad SMARTS) is 1. The summed E-state index contributed by atoms with van der Waals surface area (Å²) in [5, 5.41) is 13.5. The number of aromatic nitrogens is 1. The van der Waals surface area contributed by atoms with Crippen LogP contribution >= 0.6 is 11.3 Å². The van der Waals surface area contributed by atoms with Crippen molar-refractivity contribution in [3.63, 3.8) is 0 Å². The summed E-state index contributed by atoms with van der Waals surface area (Å²) in [6.07, 6.45) is 0.978. The van der Waals surface area contributed by atoms with Gasteiger partial charge in [0.05, 0.1) is 5.69 Å². The zero-order valence-corrected chi connectivity index (χ0v) is 12.6. The number of benzene rings is 1. The van der Waals surface area contributed by atoms with E-state index in [1.807, 2.05) is 29.6 Å². The second-order valence-corrected chi connectivity index (χ2v) is 5.50. The van der Waals surface area contributed by atoms with Gasteiger partial charge in [0, 0.05) is 10.9 Å². The Hall–Kier alpha value is -2.21. The van der Waals surface area contributed by atoms with E-state index >= 15 is 0 Å². The summed E-state index contributed by atoms with van der Waals surface area (Å²) >= 11 is 1.28. The summed E-state index contributed by atoms with van der Waals surface area (Å²) in [6.45, 7) is 3.44. The summed E-state index contributed by atoms with van der Waals surface area (Å²) in [7, 11) is 0. The first kappa shape index (κ1) is 15.2. The van der Waals surface area contributed by atoms with E-state index in [-0.39, 0.29) is 0 Å². The molecule has 1 unspecified atom stereocenters. The Morgan fingerprint density at radius 3 is 2.57 bits per heavy atom. The van der Waals surface area contributed by atoms with Crippen molar-refractivity contribution < 1.29 is 14.7 Å². The van der Waals surface area contributed by atoms with Crippen molar-refractivity contribution in [1.29, 1.82) is 0 Å². The Kier molecular flexibility index (Phi) is 4.70. The molecule has 0 fully saturated rings. The molecular formula is C15H16N2O3S. The van der Waals surface area contributed by atoms with E-state index in [1.54, 1.807) is 0 Å². The molecule has 1 atom stereocenters. The molecule has 0 saturated carbocycles. The molecule has 0 bridgehead atoms. The first-order valence-corrected chi connectivity index (χ1v) is 7.47. The molecule has 2 aromatic rings. The predicted octanol–water partition coefficient (Wildman–Crippen LogP) is 3.03. The fraction of sp³-hybridized carbons (Fsp3) is 0.267. The van der Waals surface area contributed by atoms with Crippen molar-refractivity contribution in [3.05, 3.63) is 35.2 Å². The van der Waals surface area contributed by atoms with Crippen LogP contribution in [0.3, 0.4) is 0 Å². The van der Waals surface area contributed by atoms with Crippen LogP contribution in [-0.2, 0) is 16.0 Å². The number of anilines is 1. The molecule has 21 heavy (non-hydrogen) atoms. The lowest BCUT2D eigenvalue weighted by Crippen LogP contribution is -2.26. The number of nitrogens with one attached hydrogen (secondary N) is 1. The second-order valence-electron chi connectivity index (χ2n) is 4.64. The van der Waals surface area contributed by atoms with Crippen LogP contribution in [0.25, 0.3) is 11.3 Å². The Morgan fingerprint density at radius 2 is 2.00 bits per heavy atom. The highest BCUT2D eigenvalue weighted by molar-refractivity contribution is 7.14. The summed E-state index contributed by atoms with van der Waals surface area (Å²) < 4.78 is 0. The molecule has 2 N–H and O–H groups in total. The van der Waals surface area contributed by atoms with Crippen molar-refractivity contribution >= 4 is 28.3 Å². The number of thiazole rings is 1. The van der Waals surface area contributed by atoms with Gasteiger partial charge in [0.1, 0.15) is 5.92 Å². The van der Waals surface area contributed by atoms with Gasteiger partial charge >= 0.3 is 5.97 Å². The first-order chi connectivity index (χ1) is 10.0. The van der Waals surface area contributed by atoms with Gasteiger partial charge in [-0.3, -0.25) is 9.59 Å².